The predicted octanol–water partition coefficient (Wildman–Crippen LogP) is 4.81. The van der Waals surface area contributed by atoms with Gasteiger partial charge in [0.1, 0.15) is 0 Å². The molecule has 0 radical (unpaired) electrons. The largest absolute Gasteiger partial charge is 0.312 e. The highest BCUT2D eigenvalue weighted by molar-refractivity contribution is 7.09. The minimum atomic E-state index is 0.0431. The summed E-state index contributed by atoms with van der Waals surface area (Å²) in [5.74, 6) is 0. The highest BCUT2D eigenvalue weighted by Crippen LogP contribution is 2.25. The molecule has 2 aromatic rings. The molecule has 0 aliphatic carbocycles. The third kappa shape index (κ3) is 5.33. The van der Waals surface area contributed by atoms with Crippen LogP contribution < -0.4 is 4.87 Å². The summed E-state index contributed by atoms with van der Waals surface area (Å²) in [5, 5.41) is 0. The number of rotatable bonds is 9. The smallest absolute Gasteiger partial charge is 0.305 e. The van der Waals surface area contributed by atoms with Crippen LogP contribution in [-0.2, 0) is 6.54 Å². The Kier molecular flexibility index (Phi) is 7.06. The summed E-state index contributed by atoms with van der Waals surface area (Å²) < 4.78 is 0. The number of unbranched alkanes of at least 4 members (excludes halogenated alkanes) is 2. The van der Waals surface area contributed by atoms with Crippen LogP contribution in [0.1, 0.15) is 50.0 Å². The molecule has 0 unspecified atom stereocenters. The monoisotopic (exact) mass is 332 g/mol. The highest BCUT2D eigenvalue weighted by Gasteiger charge is 2.14. The SMILES string of the molecule is CCCCN(CCCC)Cc1sc(=O)[nH]c1-c1ccc(C)cc1. The van der Waals surface area contributed by atoms with Crippen LogP contribution in [0.5, 0.6) is 0 Å². The zero-order valence-electron chi connectivity index (χ0n) is 14.5. The predicted molar refractivity (Wildman–Crippen MR) is 100 cm³/mol. The average Bonchev–Trinajstić information content (AvgIpc) is 2.91. The van der Waals surface area contributed by atoms with Crippen molar-refractivity contribution in [3.05, 3.63) is 44.4 Å². The number of aromatic nitrogens is 1. The number of nitrogens with zero attached hydrogens (tertiary/aromatic N) is 1. The van der Waals surface area contributed by atoms with Gasteiger partial charge in [-0.25, -0.2) is 0 Å². The van der Waals surface area contributed by atoms with Crippen molar-refractivity contribution in [2.45, 2.75) is 53.0 Å². The first kappa shape index (κ1) is 18.0. The molecule has 126 valence electrons. The topological polar surface area (TPSA) is 36.1 Å². The number of thiazole rings is 1. The number of H-pyrrole nitrogens is 1. The molecule has 0 aliphatic rings. The molecule has 0 saturated carbocycles. The minimum Gasteiger partial charge on any atom is -0.312 e. The normalized spacial score (nSPS) is 11.3. The first-order chi connectivity index (χ1) is 11.1. The summed E-state index contributed by atoms with van der Waals surface area (Å²) in [7, 11) is 0. The molecule has 1 N–H and O–H groups in total. The number of benzene rings is 1. The summed E-state index contributed by atoms with van der Waals surface area (Å²) in [6, 6.07) is 8.39. The average molecular weight is 333 g/mol. The van der Waals surface area contributed by atoms with E-state index in [1.165, 1.54) is 42.6 Å². The minimum absolute atomic E-state index is 0.0431. The number of aryl methyl sites for hydroxylation is 1. The van der Waals surface area contributed by atoms with Crippen molar-refractivity contribution in [3.63, 3.8) is 0 Å². The Labute approximate surface area is 143 Å². The van der Waals surface area contributed by atoms with Crippen LogP contribution in [-0.4, -0.2) is 23.0 Å². The molecule has 0 spiro atoms. The maximum atomic E-state index is 11.9. The Morgan fingerprint density at radius 2 is 1.65 bits per heavy atom. The maximum Gasteiger partial charge on any atom is 0.305 e. The summed E-state index contributed by atoms with van der Waals surface area (Å²) in [6.45, 7) is 9.62. The van der Waals surface area contributed by atoms with E-state index in [2.05, 4.69) is 54.9 Å². The Hall–Kier alpha value is -1.39. The zero-order chi connectivity index (χ0) is 16.7. The van der Waals surface area contributed by atoms with Gasteiger partial charge in [-0.2, -0.15) is 0 Å². The van der Waals surface area contributed by atoms with Gasteiger partial charge in [0, 0.05) is 11.4 Å². The Bertz CT molecular complexity index is 634. The van der Waals surface area contributed by atoms with E-state index in [-0.39, 0.29) is 4.87 Å². The van der Waals surface area contributed by atoms with Crippen LogP contribution in [0.4, 0.5) is 0 Å². The van der Waals surface area contributed by atoms with Gasteiger partial charge < -0.3 is 4.98 Å². The van der Waals surface area contributed by atoms with Gasteiger partial charge in [0.05, 0.1) is 5.69 Å². The molecule has 0 aliphatic heterocycles. The molecule has 0 bridgehead atoms. The molecule has 0 fully saturated rings. The summed E-state index contributed by atoms with van der Waals surface area (Å²) in [6.07, 6.45) is 4.83. The summed E-state index contributed by atoms with van der Waals surface area (Å²) in [4.78, 5) is 18.6. The lowest BCUT2D eigenvalue weighted by molar-refractivity contribution is 0.259. The van der Waals surface area contributed by atoms with E-state index in [1.807, 2.05) is 0 Å². The van der Waals surface area contributed by atoms with Gasteiger partial charge in [0.25, 0.3) is 0 Å². The van der Waals surface area contributed by atoms with Crippen molar-refractivity contribution < 1.29 is 0 Å². The molecular weight excluding hydrogens is 304 g/mol. The maximum absolute atomic E-state index is 11.9. The first-order valence-electron chi connectivity index (χ1n) is 8.65. The fourth-order valence-corrected chi connectivity index (χ4v) is 3.56. The van der Waals surface area contributed by atoms with Gasteiger partial charge in [-0.3, -0.25) is 9.69 Å². The van der Waals surface area contributed by atoms with Crippen molar-refractivity contribution in [1.29, 1.82) is 0 Å². The highest BCUT2D eigenvalue weighted by atomic mass is 32.1. The van der Waals surface area contributed by atoms with Crippen LogP contribution in [0.2, 0.25) is 0 Å². The molecule has 2 rings (SSSR count). The van der Waals surface area contributed by atoms with E-state index in [0.29, 0.717) is 0 Å². The number of hydrogen-bond acceptors (Lipinski definition) is 3. The zero-order valence-corrected chi connectivity index (χ0v) is 15.3. The van der Waals surface area contributed by atoms with Crippen molar-refractivity contribution >= 4 is 11.3 Å². The van der Waals surface area contributed by atoms with Crippen LogP contribution in [0.15, 0.2) is 29.1 Å². The van der Waals surface area contributed by atoms with Crippen molar-refractivity contribution in [3.8, 4) is 11.3 Å². The number of aromatic amines is 1. The van der Waals surface area contributed by atoms with Crippen molar-refractivity contribution in [1.82, 2.24) is 9.88 Å². The quantitative estimate of drug-likeness (QED) is 0.715. The summed E-state index contributed by atoms with van der Waals surface area (Å²) >= 11 is 1.36. The van der Waals surface area contributed by atoms with E-state index >= 15 is 0 Å². The Balaban J connectivity index is 2.20. The lowest BCUT2D eigenvalue weighted by atomic mass is 10.1. The second-order valence-electron chi connectivity index (χ2n) is 6.16. The van der Waals surface area contributed by atoms with Crippen LogP contribution in [0, 0.1) is 6.92 Å². The van der Waals surface area contributed by atoms with E-state index in [1.54, 1.807) is 0 Å². The van der Waals surface area contributed by atoms with Gasteiger partial charge in [-0.1, -0.05) is 67.9 Å². The van der Waals surface area contributed by atoms with E-state index in [0.717, 1.165) is 35.8 Å². The molecule has 1 aromatic heterocycles. The van der Waals surface area contributed by atoms with Gasteiger partial charge in [0.15, 0.2) is 0 Å². The van der Waals surface area contributed by atoms with Crippen molar-refractivity contribution in [2.75, 3.05) is 13.1 Å². The van der Waals surface area contributed by atoms with Crippen LogP contribution in [0.3, 0.4) is 0 Å². The lowest BCUT2D eigenvalue weighted by Gasteiger charge is -2.21. The molecule has 23 heavy (non-hydrogen) atoms. The van der Waals surface area contributed by atoms with Gasteiger partial charge in [-0.15, -0.1) is 0 Å². The molecule has 1 heterocycles. The molecule has 0 amide bonds. The van der Waals surface area contributed by atoms with E-state index < -0.39 is 0 Å². The second kappa shape index (κ2) is 9.04. The number of nitrogens with one attached hydrogen (secondary N) is 1. The van der Waals surface area contributed by atoms with Crippen molar-refractivity contribution in [2.24, 2.45) is 0 Å². The van der Waals surface area contributed by atoms with E-state index in [9.17, 15) is 4.79 Å². The standard InChI is InChI=1S/C19H28N2OS/c1-4-6-12-21(13-7-5-2)14-17-18(20-19(22)23-17)16-10-8-15(3)9-11-16/h8-11H,4-7,12-14H2,1-3H3,(H,20,22). The van der Waals surface area contributed by atoms with E-state index in [4.69, 9.17) is 0 Å². The Morgan fingerprint density at radius 1 is 1.04 bits per heavy atom. The molecule has 4 heteroatoms. The third-order valence-corrected chi connectivity index (χ3v) is 4.95. The second-order valence-corrected chi connectivity index (χ2v) is 7.23. The number of hydrogen-bond donors (Lipinski definition) is 1. The fraction of sp³-hybridized carbons (Fsp3) is 0.526. The fourth-order valence-electron chi connectivity index (χ4n) is 2.66. The van der Waals surface area contributed by atoms with Crippen LogP contribution >= 0.6 is 11.3 Å². The lowest BCUT2D eigenvalue weighted by Crippen LogP contribution is -2.25. The molecule has 1 aromatic carbocycles. The van der Waals surface area contributed by atoms with Gasteiger partial charge in [-0.05, 0) is 38.4 Å². The van der Waals surface area contributed by atoms with Crippen LogP contribution in [0.25, 0.3) is 11.3 Å². The summed E-state index contributed by atoms with van der Waals surface area (Å²) in [5.41, 5.74) is 3.34. The molecule has 3 nitrogen and oxygen atoms in total. The molecule has 0 saturated heterocycles. The Morgan fingerprint density at radius 3 is 2.22 bits per heavy atom. The molecular formula is C19H28N2OS. The van der Waals surface area contributed by atoms with Gasteiger partial charge >= 0.3 is 4.87 Å². The molecule has 0 atom stereocenters. The van der Waals surface area contributed by atoms with Gasteiger partial charge in [0.2, 0.25) is 0 Å². The third-order valence-electron chi connectivity index (χ3n) is 4.09. The first-order valence-corrected chi connectivity index (χ1v) is 9.47.